The second-order valence-electron chi connectivity index (χ2n) is 7.67. The second kappa shape index (κ2) is 9.05. The number of alkyl halides is 1. The minimum absolute atomic E-state index is 0.0866. The van der Waals surface area contributed by atoms with E-state index in [-0.39, 0.29) is 36.0 Å². The van der Waals surface area contributed by atoms with Gasteiger partial charge in [0, 0.05) is 16.5 Å². The standard InChI is InChI=1S/C23H18F2N4O3S/c1-23(25)12-32-10-15-3-2-14(7-18(15)23)21(31)27-9-20(30)29-22-28-19(11-33-22)16-4-13(8-26)5-17(24)6-16/h2-7,11H,9-10,12H2,1H3,(H,27,31)(H,28,29,30)/t23-/m1/s1. The van der Waals surface area contributed by atoms with Crippen LogP contribution in [0.25, 0.3) is 11.3 Å². The van der Waals surface area contributed by atoms with Gasteiger partial charge in [-0.05, 0) is 48.4 Å². The molecule has 0 spiro atoms. The molecule has 0 fully saturated rings. The van der Waals surface area contributed by atoms with Crippen LogP contribution >= 0.6 is 11.3 Å². The fourth-order valence-electron chi connectivity index (χ4n) is 3.45. The van der Waals surface area contributed by atoms with Crippen LogP contribution in [0.4, 0.5) is 13.9 Å². The van der Waals surface area contributed by atoms with Gasteiger partial charge in [-0.2, -0.15) is 5.26 Å². The number of hydrogen-bond donors (Lipinski definition) is 2. The van der Waals surface area contributed by atoms with Gasteiger partial charge in [0.1, 0.15) is 5.82 Å². The monoisotopic (exact) mass is 468 g/mol. The molecule has 0 saturated heterocycles. The number of halogens is 2. The van der Waals surface area contributed by atoms with E-state index in [0.717, 1.165) is 17.4 Å². The molecule has 1 atom stereocenters. The SMILES string of the molecule is C[C@@]1(F)COCc2ccc(C(=O)NCC(=O)Nc3nc(-c4cc(F)cc(C#N)c4)cs3)cc21. The number of aromatic nitrogens is 1. The van der Waals surface area contributed by atoms with Crippen molar-refractivity contribution in [2.75, 3.05) is 18.5 Å². The highest BCUT2D eigenvalue weighted by Gasteiger charge is 2.33. The molecule has 2 amide bonds. The lowest BCUT2D eigenvalue weighted by molar-refractivity contribution is -0.115. The van der Waals surface area contributed by atoms with Gasteiger partial charge < -0.3 is 15.4 Å². The molecule has 1 aliphatic heterocycles. The van der Waals surface area contributed by atoms with Gasteiger partial charge in [0.2, 0.25) is 5.91 Å². The normalized spacial score (nSPS) is 17.0. The van der Waals surface area contributed by atoms with E-state index < -0.39 is 23.3 Å². The van der Waals surface area contributed by atoms with E-state index in [1.807, 2.05) is 6.07 Å². The number of fused-ring (bicyclic) bond motifs is 1. The lowest BCUT2D eigenvalue weighted by Gasteiger charge is -2.29. The molecule has 7 nitrogen and oxygen atoms in total. The van der Waals surface area contributed by atoms with Gasteiger partial charge in [-0.1, -0.05) is 6.07 Å². The van der Waals surface area contributed by atoms with Crippen molar-refractivity contribution in [3.05, 3.63) is 69.8 Å². The minimum Gasteiger partial charge on any atom is -0.373 e. The highest BCUT2D eigenvalue weighted by Crippen LogP contribution is 2.34. The van der Waals surface area contributed by atoms with E-state index in [4.69, 9.17) is 10.00 Å². The number of carbonyl (C=O) groups excluding carboxylic acids is 2. The molecule has 0 radical (unpaired) electrons. The number of benzene rings is 2. The van der Waals surface area contributed by atoms with Crippen molar-refractivity contribution in [2.24, 2.45) is 0 Å². The van der Waals surface area contributed by atoms with E-state index in [1.54, 1.807) is 17.5 Å². The summed E-state index contributed by atoms with van der Waals surface area (Å²) in [5.74, 6) is -1.59. The first-order valence-corrected chi connectivity index (χ1v) is 10.8. The van der Waals surface area contributed by atoms with Crippen LogP contribution in [0.2, 0.25) is 0 Å². The average molecular weight is 468 g/mol. The molecule has 33 heavy (non-hydrogen) atoms. The topological polar surface area (TPSA) is 104 Å². The number of nitrogens with zero attached hydrogens (tertiary/aromatic N) is 2. The van der Waals surface area contributed by atoms with Gasteiger partial charge in [-0.15, -0.1) is 11.3 Å². The summed E-state index contributed by atoms with van der Waals surface area (Å²) in [5.41, 5.74) is 0.604. The van der Waals surface area contributed by atoms with Gasteiger partial charge in [0.05, 0.1) is 37.1 Å². The van der Waals surface area contributed by atoms with E-state index in [9.17, 15) is 18.4 Å². The first-order valence-electron chi connectivity index (χ1n) is 9.90. The maximum absolute atomic E-state index is 14.7. The van der Waals surface area contributed by atoms with Crippen LogP contribution in [0.5, 0.6) is 0 Å². The molecule has 1 aliphatic rings. The Morgan fingerprint density at radius 2 is 2.12 bits per heavy atom. The van der Waals surface area contributed by atoms with Gasteiger partial charge in [0.15, 0.2) is 10.8 Å². The zero-order chi connectivity index (χ0) is 23.6. The Kier molecular flexibility index (Phi) is 6.18. The Labute approximate surface area is 192 Å². The van der Waals surface area contributed by atoms with Crippen LogP contribution in [0, 0.1) is 17.1 Å². The molecule has 168 valence electrons. The van der Waals surface area contributed by atoms with Gasteiger partial charge in [-0.3, -0.25) is 9.59 Å². The van der Waals surface area contributed by atoms with Crippen molar-refractivity contribution in [1.29, 1.82) is 5.26 Å². The molecule has 0 aliphatic carbocycles. The lowest BCUT2D eigenvalue weighted by Crippen LogP contribution is -2.34. The molecule has 10 heteroatoms. The van der Waals surface area contributed by atoms with Crippen molar-refractivity contribution in [1.82, 2.24) is 10.3 Å². The summed E-state index contributed by atoms with van der Waals surface area (Å²) in [6, 6.07) is 10.4. The van der Waals surface area contributed by atoms with Crippen molar-refractivity contribution >= 4 is 28.3 Å². The van der Waals surface area contributed by atoms with Crippen molar-refractivity contribution in [3.63, 3.8) is 0 Å². The average Bonchev–Trinajstić information content (AvgIpc) is 3.25. The summed E-state index contributed by atoms with van der Waals surface area (Å²) in [7, 11) is 0. The minimum atomic E-state index is -1.69. The summed E-state index contributed by atoms with van der Waals surface area (Å²) in [6.07, 6.45) is 0. The van der Waals surface area contributed by atoms with Crippen LogP contribution in [0.1, 0.15) is 34.0 Å². The molecule has 2 N–H and O–H groups in total. The summed E-state index contributed by atoms with van der Waals surface area (Å²) in [6.45, 7) is 1.27. The van der Waals surface area contributed by atoms with Gasteiger partial charge in [0.25, 0.3) is 5.91 Å². The molecule has 2 heterocycles. The Morgan fingerprint density at radius 3 is 2.91 bits per heavy atom. The zero-order valence-corrected chi connectivity index (χ0v) is 18.3. The van der Waals surface area contributed by atoms with E-state index >= 15 is 0 Å². The smallest absolute Gasteiger partial charge is 0.251 e. The fraction of sp³-hybridized carbons (Fsp3) is 0.217. The highest BCUT2D eigenvalue weighted by molar-refractivity contribution is 7.14. The predicted molar refractivity (Wildman–Crippen MR) is 118 cm³/mol. The number of rotatable bonds is 5. The Morgan fingerprint density at radius 1 is 1.30 bits per heavy atom. The predicted octanol–water partition coefficient (Wildman–Crippen LogP) is 3.90. The first kappa shape index (κ1) is 22.5. The summed E-state index contributed by atoms with van der Waals surface area (Å²) >= 11 is 1.12. The quantitative estimate of drug-likeness (QED) is 0.591. The molecule has 2 aromatic carbocycles. The maximum atomic E-state index is 14.7. The molecular formula is C23H18F2N4O3S. The third-order valence-corrected chi connectivity index (χ3v) is 5.80. The summed E-state index contributed by atoms with van der Waals surface area (Å²) < 4.78 is 33.6. The van der Waals surface area contributed by atoms with Crippen LogP contribution < -0.4 is 10.6 Å². The Balaban J connectivity index is 1.37. The maximum Gasteiger partial charge on any atom is 0.251 e. The summed E-state index contributed by atoms with van der Waals surface area (Å²) in [5, 5.41) is 15.9. The van der Waals surface area contributed by atoms with Crippen molar-refractivity contribution < 1.29 is 23.1 Å². The van der Waals surface area contributed by atoms with E-state index in [1.165, 1.54) is 25.1 Å². The molecule has 0 unspecified atom stereocenters. The molecule has 4 rings (SSSR count). The van der Waals surface area contributed by atoms with E-state index in [2.05, 4.69) is 15.6 Å². The number of ether oxygens (including phenoxy) is 1. The van der Waals surface area contributed by atoms with E-state index in [0.29, 0.717) is 22.4 Å². The largest absolute Gasteiger partial charge is 0.373 e. The lowest BCUT2D eigenvalue weighted by atomic mass is 9.90. The van der Waals surface area contributed by atoms with Crippen LogP contribution in [0.3, 0.4) is 0 Å². The van der Waals surface area contributed by atoms with Crippen LogP contribution in [-0.2, 0) is 21.8 Å². The molecule has 3 aromatic rings. The number of anilines is 1. The van der Waals surface area contributed by atoms with Crippen molar-refractivity contribution in [3.8, 4) is 17.3 Å². The first-order chi connectivity index (χ1) is 15.7. The van der Waals surface area contributed by atoms with Crippen LogP contribution in [0.15, 0.2) is 41.8 Å². The zero-order valence-electron chi connectivity index (χ0n) is 17.4. The molecule has 0 saturated carbocycles. The third kappa shape index (κ3) is 5.05. The van der Waals surface area contributed by atoms with Gasteiger partial charge >= 0.3 is 0 Å². The summed E-state index contributed by atoms with van der Waals surface area (Å²) in [4.78, 5) is 28.9. The number of nitriles is 1. The molecule has 0 bridgehead atoms. The third-order valence-electron chi connectivity index (χ3n) is 5.05. The number of amides is 2. The number of hydrogen-bond acceptors (Lipinski definition) is 6. The number of carbonyl (C=O) groups is 2. The fourth-order valence-corrected chi connectivity index (χ4v) is 4.19. The molecule has 1 aromatic heterocycles. The number of nitrogens with one attached hydrogen (secondary N) is 2. The number of thiazole rings is 1. The van der Waals surface area contributed by atoms with Crippen molar-refractivity contribution in [2.45, 2.75) is 19.2 Å². The Bertz CT molecular complexity index is 1280. The van der Waals surface area contributed by atoms with Crippen LogP contribution in [-0.4, -0.2) is 29.9 Å². The second-order valence-corrected chi connectivity index (χ2v) is 8.53. The highest BCUT2D eigenvalue weighted by atomic mass is 32.1. The Hall–Kier alpha value is -3.68. The van der Waals surface area contributed by atoms with Gasteiger partial charge in [-0.25, -0.2) is 13.8 Å². The molecular weight excluding hydrogens is 450 g/mol.